The lowest BCUT2D eigenvalue weighted by atomic mass is 10.1. The Morgan fingerprint density at radius 1 is 1.13 bits per heavy atom. The molecular weight excluding hydrogens is 471 g/mol. The molecule has 9 heteroatoms. The highest BCUT2D eigenvalue weighted by molar-refractivity contribution is 9.10. The first-order valence-electron chi connectivity index (χ1n) is 9.08. The van der Waals surface area contributed by atoms with Crippen molar-refractivity contribution in [1.29, 1.82) is 0 Å². The average Bonchev–Trinajstić information content (AvgIpc) is 3.18. The predicted octanol–water partition coefficient (Wildman–Crippen LogP) is 3.26. The van der Waals surface area contributed by atoms with Crippen LogP contribution in [0.25, 0.3) is 5.70 Å². The molecule has 0 saturated carbocycles. The molecule has 0 saturated heterocycles. The minimum atomic E-state index is -0.628. The summed E-state index contributed by atoms with van der Waals surface area (Å²) in [5.74, 6) is 0.296. The molecule has 6 nitrogen and oxygen atoms in total. The van der Waals surface area contributed by atoms with Crippen LogP contribution in [-0.4, -0.2) is 16.1 Å². The molecule has 0 aliphatic carbocycles. The fourth-order valence-electron chi connectivity index (χ4n) is 3.31. The molecule has 0 unspecified atom stereocenters. The van der Waals surface area contributed by atoms with Gasteiger partial charge in [0.15, 0.2) is 15.6 Å². The number of rotatable bonds is 3. The molecule has 1 N–H and O–H groups in total. The van der Waals surface area contributed by atoms with Gasteiger partial charge in [0.25, 0.3) is 5.91 Å². The zero-order valence-corrected chi connectivity index (χ0v) is 17.8. The SMILES string of the molecule is O=C1NC(SCc2ccccc2F)=NN2C1=c1ccccc1=N[C@@H]2c1ccc(Br)o1. The van der Waals surface area contributed by atoms with Gasteiger partial charge in [-0.25, -0.2) is 14.4 Å². The van der Waals surface area contributed by atoms with Crippen molar-refractivity contribution in [3.63, 3.8) is 0 Å². The van der Waals surface area contributed by atoms with E-state index in [0.717, 1.165) is 0 Å². The van der Waals surface area contributed by atoms with Gasteiger partial charge in [-0.05, 0) is 45.8 Å². The number of para-hydroxylation sites is 1. The van der Waals surface area contributed by atoms with Crippen LogP contribution in [0.3, 0.4) is 0 Å². The number of carbonyl (C=O) groups is 1. The van der Waals surface area contributed by atoms with Crippen molar-refractivity contribution in [2.24, 2.45) is 10.1 Å². The Bertz CT molecular complexity index is 1310. The number of benzene rings is 2. The van der Waals surface area contributed by atoms with E-state index in [4.69, 9.17) is 9.41 Å². The van der Waals surface area contributed by atoms with E-state index >= 15 is 0 Å². The molecule has 2 aliphatic heterocycles. The minimum absolute atomic E-state index is 0.291. The second-order valence-corrected chi connectivity index (χ2v) is 8.34. The lowest BCUT2D eigenvalue weighted by molar-refractivity contribution is -0.116. The number of nitrogens with one attached hydrogen (secondary N) is 1. The number of amidine groups is 1. The van der Waals surface area contributed by atoms with Crippen molar-refractivity contribution in [3.8, 4) is 0 Å². The van der Waals surface area contributed by atoms with E-state index in [0.29, 0.717) is 43.2 Å². The monoisotopic (exact) mass is 484 g/mol. The molecule has 2 aliphatic rings. The Kier molecular flexibility index (Phi) is 4.92. The van der Waals surface area contributed by atoms with Gasteiger partial charge in [0.2, 0.25) is 6.17 Å². The minimum Gasteiger partial charge on any atom is -0.450 e. The van der Waals surface area contributed by atoms with Crippen LogP contribution >= 0.6 is 27.7 Å². The van der Waals surface area contributed by atoms with Gasteiger partial charge in [-0.15, -0.1) is 5.10 Å². The summed E-state index contributed by atoms with van der Waals surface area (Å²) in [6.45, 7) is 0. The topological polar surface area (TPSA) is 70.2 Å². The normalized spacial score (nSPS) is 17.6. The number of hydrogen-bond acceptors (Lipinski definition) is 6. The molecule has 150 valence electrons. The fraction of sp³-hybridized carbons (Fsp3) is 0.0952. The molecular formula is C21H14BrFN4O2S. The summed E-state index contributed by atoms with van der Waals surface area (Å²) < 4.78 is 20.2. The smallest absolute Gasteiger partial charge is 0.276 e. The molecule has 5 rings (SSSR count). The number of halogens is 2. The summed E-state index contributed by atoms with van der Waals surface area (Å²) in [5.41, 5.74) is 0.933. The molecule has 3 heterocycles. The lowest BCUT2D eigenvalue weighted by Crippen LogP contribution is -2.50. The van der Waals surface area contributed by atoms with Crippen molar-refractivity contribution >= 4 is 44.5 Å². The third kappa shape index (κ3) is 3.44. The van der Waals surface area contributed by atoms with E-state index in [9.17, 15) is 9.18 Å². The second kappa shape index (κ2) is 7.73. The Morgan fingerprint density at radius 3 is 2.73 bits per heavy atom. The zero-order valence-electron chi connectivity index (χ0n) is 15.4. The van der Waals surface area contributed by atoms with Crippen molar-refractivity contribution < 1.29 is 13.6 Å². The van der Waals surface area contributed by atoms with Gasteiger partial charge in [0.05, 0.1) is 5.36 Å². The second-order valence-electron chi connectivity index (χ2n) is 6.59. The number of hydrogen-bond donors (Lipinski definition) is 1. The molecule has 2 aromatic carbocycles. The van der Waals surface area contributed by atoms with Crippen LogP contribution in [0.1, 0.15) is 17.5 Å². The maximum Gasteiger partial charge on any atom is 0.276 e. The van der Waals surface area contributed by atoms with Gasteiger partial charge in [0.1, 0.15) is 11.5 Å². The predicted molar refractivity (Wildman–Crippen MR) is 115 cm³/mol. The summed E-state index contributed by atoms with van der Waals surface area (Å²) >= 11 is 4.56. The number of furan rings is 1. The van der Waals surface area contributed by atoms with E-state index in [-0.39, 0.29) is 11.7 Å². The van der Waals surface area contributed by atoms with Crippen LogP contribution in [0.15, 0.2) is 79.8 Å². The highest BCUT2D eigenvalue weighted by atomic mass is 79.9. The maximum absolute atomic E-state index is 14.0. The first-order valence-corrected chi connectivity index (χ1v) is 10.9. The van der Waals surface area contributed by atoms with Crippen molar-refractivity contribution in [1.82, 2.24) is 10.3 Å². The average molecular weight is 485 g/mol. The Morgan fingerprint density at radius 2 is 1.93 bits per heavy atom. The summed E-state index contributed by atoms with van der Waals surface area (Å²) in [4.78, 5) is 17.8. The molecule has 1 aromatic heterocycles. The van der Waals surface area contributed by atoms with Gasteiger partial charge in [-0.2, -0.15) is 0 Å². The molecule has 0 spiro atoms. The fourth-order valence-corrected chi connectivity index (χ4v) is 4.46. The van der Waals surface area contributed by atoms with Gasteiger partial charge in [-0.3, -0.25) is 10.1 Å². The Hall–Kier alpha value is -2.91. The van der Waals surface area contributed by atoms with Crippen LogP contribution in [-0.2, 0) is 10.5 Å². The van der Waals surface area contributed by atoms with Crippen LogP contribution in [0.4, 0.5) is 4.39 Å². The standard InChI is InChI=1S/C21H14BrFN4O2S/c22-17-10-9-16(29-17)19-24-15-8-4-2-6-13(15)18-20(28)25-21(26-27(18)19)30-11-12-5-1-3-7-14(12)23/h1-10,19H,11H2,(H,25,26,28)/t19-/m0/s1. The Labute approximate surface area is 183 Å². The number of carbonyl (C=O) groups excluding carboxylic acids is 1. The van der Waals surface area contributed by atoms with Crippen LogP contribution in [0, 0.1) is 5.82 Å². The summed E-state index contributed by atoms with van der Waals surface area (Å²) in [6, 6.07) is 17.5. The van der Waals surface area contributed by atoms with Crippen molar-refractivity contribution in [2.75, 3.05) is 0 Å². The summed E-state index contributed by atoms with van der Waals surface area (Å²) in [6.07, 6.45) is -0.628. The van der Waals surface area contributed by atoms with E-state index < -0.39 is 6.17 Å². The molecule has 1 atom stereocenters. The number of fused-ring (bicyclic) bond motifs is 2. The van der Waals surface area contributed by atoms with E-state index in [1.54, 1.807) is 35.3 Å². The Balaban J connectivity index is 1.56. The molecule has 0 bridgehead atoms. The van der Waals surface area contributed by atoms with Gasteiger partial charge >= 0.3 is 0 Å². The van der Waals surface area contributed by atoms with Crippen LogP contribution < -0.4 is 15.9 Å². The highest BCUT2D eigenvalue weighted by Crippen LogP contribution is 2.33. The molecule has 0 radical (unpaired) electrons. The molecule has 1 amide bonds. The van der Waals surface area contributed by atoms with Gasteiger partial charge in [0, 0.05) is 11.0 Å². The third-order valence-electron chi connectivity index (χ3n) is 4.69. The first kappa shape index (κ1) is 19.1. The quantitative estimate of drug-likeness (QED) is 0.619. The van der Waals surface area contributed by atoms with E-state index in [1.807, 2.05) is 24.3 Å². The van der Waals surface area contributed by atoms with Gasteiger partial charge in [-0.1, -0.05) is 48.2 Å². The van der Waals surface area contributed by atoms with Crippen molar-refractivity contribution in [3.05, 3.63) is 93.0 Å². The zero-order chi connectivity index (χ0) is 20.7. The van der Waals surface area contributed by atoms with Crippen molar-refractivity contribution in [2.45, 2.75) is 11.9 Å². The summed E-state index contributed by atoms with van der Waals surface area (Å²) in [7, 11) is 0. The lowest BCUT2D eigenvalue weighted by Gasteiger charge is -2.32. The van der Waals surface area contributed by atoms with Crippen LogP contribution in [0.5, 0.6) is 0 Å². The van der Waals surface area contributed by atoms with E-state index in [1.165, 1.54) is 17.8 Å². The molecule has 30 heavy (non-hydrogen) atoms. The van der Waals surface area contributed by atoms with Crippen LogP contribution in [0.2, 0.25) is 0 Å². The number of amides is 1. The molecule has 3 aromatic rings. The third-order valence-corrected chi connectivity index (χ3v) is 6.02. The summed E-state index contributed by atoms with van der Waals surface area (Å²) in [5, 5.41) is 10.8. The number of thioether (sulfide) groups is 1. The number of hydrazone groups is 1. The number of nitrogens with zero attached hydrogens (tertiary/aromatic N) is 3. The first-order chi connectivity index (χ1) is 14.6. The maximum atomic E-state index is 14.0. The van der Waals surface area contributed by atoms with Gasteiger partial charge < -0.3 is 4.42 Å². The van der Waals surface area contributed by atoms with E-state index in [2.05, 4.69) is 26.3 Å². The highest BCUT2D eigenvalue weighted by Gasteiger charge is 2.35. The molecule has 0 fully saturated rings. The largest absolute Gasteiger partial charge is 0.450 e.